The topological polar surface area (TPSA) is 21.3 Å². The zero-order valence-corrected chi connectivity index (χ0v) is 7.23. The van der Waals surface area contributed by atoms with Crippen molar-refractivity contribution in [3.8, 4) is 0 Å². The third-order valence-electron chi connectivity index (χ3n) is 2.97. The van der Waals surface area contributed by atoms with Crippen LogP contribution in [0.4, 0.5) is 0 Å². The first-order valence-electron chi connectivity index (χ1n) is 4.69. The summed E-state index contributed by atoms with van der Waals surface area (Å²) in [5.41, 5.74) is 0.282. The van der Waals surface area contributed by atoms with Crippen LogP contribution in [0.5, 0.6) is 0 Å². The maximum Gasteiger partial charge on any atom is 0.0711 e. The van der Waals surface area contributed by atoms with E-state index >= 15 is 0 Å². The summed E-state index contributed by atoms with van der Waals surface area (Å²) in [4.78, 5) is 0. The third kappa shape index (κ3) is 1.42. The van der Waals surface area contributed by atoms with Gasteiger partial charge in [-0.1, -0.05) is 0 Å². The van der Waals surface area contributed by atoms with Gasteiger partial charge in [-0.3, -0.25) is 0 Å². The van der Waals surface area contributed by atoms with Crippen molar-refractivity contribution in [2.45, 2.75) is 44.3 Å². The summed E-state index contributed by atoms with van der Waals surface area (Å²) in [6.45, 7) is 4.48. The van der Waals surface area contributed by atoms with Gasteiger partial charge in [0.2, 0.25) is 0 Å². The van der Waals surface area contributed by atoms with E-state index in [1.165, 1.54) is 25.7 Å². The van der Waals surface area contributed by atoms with Crippen LogP contribution in [0.15, 0.2) is 0 Å². The molecule has 1 unspecified atom stereocenters. The molecule has 0 bridgehead atoms. The van der Waals surface area contributed by atoms with Crippen molar-refractivity contribution in [2.24, 2.45) is 0 Å². The van der Waals surface area contributed by atoms with Crippen molar-refractivity contribution >= 4 is 0 Å². The van der Waals surface area contributed by atoms with E-state index in [1.807, 2.05) is 0 Å². The number of rotatable bonds is 0. The van der Waals surface area contributed by atoms with Crippen molar-refractivity contribution in [1.29, 1.82) is 0 Å². The Morgan fingerprint density at radius 1 is 1.27 bits per heavy atom. The number of hydrogen-bond donors (Lipinski definition) is 1. The fraction of sp³-hybridized carbons (Fsp3) is 1.00. The average molecular weight is 155 g/mol. The minimum atomic E-state index is 0.282. The lowest BCUT2D eigenvalue weighted by Gasteiger charge is -2.33. The van der Waals surface area contributed by atoms with E-state index in [9.17, 15) is 0 Å². The molecule has 0 aromatic carbocycles. The summed E-state index contributed by atoms with van der Waals surface area (Å²) in [5, 5.41) is 3.37. The molecule has 2 heteroatoms. The predicted molar refractivity (Wildman–Crippen MR) is 44.6 cm³/mol. The van der Waals surface area contributed by atoms with Crippen LogP contribution in [0, 0.1) is 0 Å². The smallest absolute Gasteiger partial charge is 0.0711 e. The lowest BCUT2D eigenvalue weighted by molar-refractivity contribution is -0.0526. The summed E-state index contributed by atoms with van der Waals surface area (Å²) in [6, 6.07) is 0. The van der Waals surface area contributed by atoms with Crippen molar-refractivity contribution in [1.82, 2.24) is 5.32 Å². The van der Waals surface area contributed by atoms with Crippen LogP contribution < -0.4 is 5.32 Å². The Labute approximate surface area is 68.3 Å². The molecule has 0 aromatic heterocycles. The van der Waals surface area contributed by atoms with Gasteiger partial charge in [-0.15, -0.1) is 0 Å². The Balaban J connectivity index is 1.98. The van der Waals surface area contributed by atoms with E-state index in [0.29, 0.717) is 6.10 Å². The van der Waals surface area contributed by atoms with Crippen molar-refractivity contribution < 1.29 is 4.74 Å². The van der Waals surface area contributed by atoms with Crippen LogP contribution in [0.1, 0.15) is 32.6 Å². The van der Waals surface area contributed by atoms with Crippen LogP contribution in [-0.4, -0.2) is 24.8 Å². The normalized spacial score (nSPS) is 36.3. The first kappa shape index (κ1) is 7.56. The van der Waals surface area contributed by atoms with Gasteiger partial charge in [-0.2, -0.15) is 0 Å². The summed E-state index contributed by atoms with van der Waals surface area (Å²) < 4.78 is 5.95. The summed E-state index contributed by atoms with van der Waals surface area (Å²) >= 11 is 0. The number of ether oxygens (including phenoxy) is 1. The number of nitrogens with one attached hydrogen (secondary N) is 1. The Morgan fingerprint density at radius 2 is 2.00 bits per heavy atom. The highest BCUT2D eigenvalue weighted by molar-refractivity contribution is 4.91. The number of piperidine rings is 1. The molecule has 0 aliphatic carbocycles. The second-order valence-electron chi connectivity index (χ2n) is 3.90. The van der Waals surface area contributed by atoms with Gasteiger partial charge in [0.05, 0.1) is 11.7 Å². The SMILES string of the molecule is CC1CCC2(CCNCC2)O1. The average Bonchev–Trinajstić information content (AvgIpc) is 2.34. The summed E-state index contributed by atoms with van der Waals surface area (Å²) in [6.07, 6.45) is 5.50. The molecule has 0 saturated carbocycles. The van der Waals surface area contributed by atoms with E-state index in [-0.39, 0.29) is 5.60 Å². The van der Waals surface area contributed by atoms with Crippen molar-refractivity contribution in [3.05, 3.63) is 0 Å². The van der Waals surface area contributed by atoms with Gasteiger partial charge >= 0.3 is 0 Å². The molecule has 0 radical (unpaired) electrons. The molecular weight excluding hydrogens is 138 g/mol. The fourth-order valence-electron chi connectivity index (χ4n) is 2.26. The monoisotopic (exact) mass is 155 g/mol. The van der Waals surface area contributed by atoms with Crippen LogP contribution in [-0.2, 0) is 4.74 Å². The first-order chi connectivity index (χ1) is 5.31. The van der Waals surface area contributed by atoms with Crippen LogP contribution in [0.25, 0.3) is 0 Å². The molecule has 2 heterocycles. The molecule has 0 aromatic rings. The van der Waals surface area contributed by atoms with Crippen molar-refractivity contribution in [2.75, 3.05) is 13.1 Å². The van der Waals surface area contributed by atoms with Gasteiger partial charge in [-0.25, -0.2) is 0 Å². The van der Waals surface area contributed by atoms with E-state index in [1.54, 1.807) is 0 Å². The predicted octanol–water partition coefficient (Wildman–Crippen LogP) is 1.31. The Hall–Kier alpha value is -0.0800. The Bertz CT molecular complexity index is 135. The lowest BCUT2D eigenvalue weighted by Crippen LogP contribution is -2.41. The molecule has 0 amide bonds. The van der Waals surface area contributed by atoms with E-state index in [2.05, 4.69) is 12.2 Å². The van der Waals surface area contributed by atoms with Gasteiger partial charge in [0.25, 0.3) is 0 Å². The van der Waals surface area contributed by atoms with E-state index < -0.39 is 0 Å². The molecule has 1 N–H and O–H groups in total. The minimum absolute atomic E-state index is 0.282. The van der Waals surface area contributed by atoms with E-state index in [4.69, 9.17) is 4.74 Å². The quantitative estimate of drug-likeness (QED) is 0.569. The molecule has 2 rings (SSSR count). The third-order valence-corrected chi connectivity index (χ3v) is 2.97. The largest absolute Gasteiger partial charge is 0.372 e. The Kier molecular flexibility index (Phi) is 1.90. The molecule has 2 aliphatic rings. The van der Waals surface area contributed by atoms with E-state index in [0.717, 1.165) is 13.1 Å². The first-order valence-corrected chi connectivity index (χ1v) is 4.69. The highest BCUT2D eigenvalue weighted by Crippen LogP contribution is 2.36. The van der Waals surface area contributed by atoms with Gasteiger partial charge < -0.3 is 10.1 Å². The maximum atomic E-state index is 5.95. The second kappa shape index (κ2) is 2.76. The molecule has 64 valence electrons. The van der Waals surface area contributed by atoms with Crippen LogP contribution in [0.3, 0.4) is 0 Å². The zero-order chi connectivity index (χ0) is 7.73. The van der Waals surface area contributed by atoms with Gasteiger partial charge in [-0.05, 0) is 45.7 Å². The fourth-order valence-corrected chi connectivity index (χ4v) is 2.26. The zero-order valence-electron chi connectivity index (χ0n) is 7.23. The molecule has 2 saturated heterocycles. The molecular formula is C9H17NO. The highest BCUT2D eigenvalue weighted by Gasteiger charge is 2.38. The highest BCUT2D eigenvalue weighted by atomic mass is 16.5. The summed E-state index contributed by atoms with van der Waals surface area (Å²) in [7, 11) is 0. The van der Waals surface area contributed by atoms with Crippen LogP contribution >= 0.6 is 0 Å². The van der Waals surface area contributed by atoms with Crippen molar-refractivity contribution in [3.63, 3.8) is 0 Å². The maximum absolute atomic E-state index is 5.95. The van der Waals surface area contributed by atoms with Gasteiger partial charge in [0.15, 0.2) is 0 Å². The lowest BCUT2D eigenvalue weighted by atomic mass is 9.89. The molecule has 2 aliphatic heterocycles. The van der Waals surface area contributed by atoms with Crippen LogP contribution in [0.2, 0.25) is 0 Å². The number of hydrogen-bond acceptors (Lipinski definition) is 2. The van der Waals surface area contributed by atoms with Gasteiger partial charge in [0.1, 0.15) is 0 Å². The molecule has 1 spiro atoms. The molecule has 11 heavy (non-hydrogen) atoms. The minimum Gasteiger partial charge on any atom is -0.372 e. The second-order valence-corrected chi connectivity index (χ2v) is 3.90. The van der Waals surface area contributed by atoms with Gasteiger partial charge in [0, 0.05) is 0 Å². The molecule has 2 fully saturated rings. The summed E-state index contributed by atoms with van der Waals surface area (Å²) in [5.74, 6) is 0. The Morgan fingerprint density at radius 3 is 2.55 bits per heavy atom. The molecule has 1 atom stereocenters. The standard InChI is InChI=1S/C9H17NO/c1-8-2-3-9(11-8)4-6-10-7-5-9/h8,10H,2-7H2,1H3. The molecule has 2 nitrogen and oxygen atoms in total.